The fourth-order valence-electron chi connectivity index (χ4n) is 2.31. The lowest BCUT2D eigenvalue weighted by molar-refractivity contribution is -0.151. The summed E-state index contributed by atoms with van der Waals surface area (Å²) in [6.45, 7) is 5.77. The first-order valence-corrected chi connectivity index (χ1v) is 7.92. The Morgan fingerprint density at radius 3 is 2.37 bits per heavy atom. The number of thioether (sulfide) groups is 1. The van der Waals surface area contributed by atoms with Gasteiger partial charge in [0.1, 0.15) is 6.04 Å². The molecule has 2 unspecified atom stereocenters. The molecule has 0 saturated carbocycles. The highest BCUT2D eigenvalue weighted by Gasteiger charge is 2.46. The maximum absolute atomic E-state index is 12.7. The number of carbonyl (C=O) groups is 2. The Kier molecular flexibility index (Phi) is 5.67. The van der Waals surface area contributed by atoms with Crippen LogP contribution in [-0.4, -0.2) is 44.6 Å². The van der Waals surface area contributed by atoms with Crippen LogP contribution in [0.15, 0.2) is 0 Å². The lowest BCUT2D eigenvalue weighted by Crippen LogP contribution is -2.59. The number of carboxylic acids is 1. The molecule has 1 fully saturated rings. The van der Waals surface area contributed by atoms with Crippen molar-refractivity contribution in [1.82, 2.24) is 4.90 Å². The van der Waals surface area contributed by atoms with E-state index >= 15 is 0 Å². The van der Waals surface area contributed by atoms with Gasteiger partial charge >= 0.3 is 5.97 Å². The number of hydrogen-bond donors (Lipinski definition) is 2. The van der Waals surface area contributed by atoms with E-state index in [1.165, 1.54) is 4.90 Å². The smallest absolute Gasteiger partial charge is 0.327 e. The molecule has 19 heavy (non-hydrogen) atoms. The molecule has 0 radical (unpaired) electrons. The van der Waals surface area contributed by atoms with E-state index in [9.17, 15) is 14.7 Å². The Balaban J connectivity index is 3.01. The molecule has 1 rings (SSSR count). The average Bonchev–Trinajstić information content (AvgIpc) is 2.81. The normalized spacial score (nSPS) is 23.7. The standard InChI is InChI=1S/C13H24N2O3S/c1-4-7-10-15(9(8-19-10)11(16)17)12(18)13(14,5-2)6-3/h9-10H,4-8,14H2,1-3H3,(H,16,17). The largest absolute Gasteiger partial charge is 0.480 e. The molecule has 0 aromatic rings. The Bertz CT molecular complexity index is 345. The summed E-state index contributed by atoms with van der Waals surface area (Å²) >= 11 is 1.55. The maximum atomic E-state index is 12.7. The van der Waals surface area contributed by atoms with Crippen molar-refractivity contribution in [2.24, 2.45) is 5.73 Å². The van der Waals surface area contributed by atoms with Crippen LogP contribution in [0.3, 0.4) is 0 Å². The van der Waals surface area contributed by atoms with Gasteiger partial charge in [0.25, 0.3) is 0 Å². The minimum atomic E-state index is -0.940. The zero-order valence-electron chi connectivity index (χ0n) is 11.9. The van der Waals surface area contributed by atoms with Gasteiger partial charge in [-0.3, -0.25) is 4.79 Å². The van der Waals surface area contributed by atoms with Crippen LogP contribution in [0.2, 0.25) is 0 Å². The minimum absolute atomic E-state index is 0.0559. The van der Waals surface area contributed by atoms with Crippen molar-refractivity contribution in [3.8, 4) is 0 Å². The van der Waals surface area contributed by atoms with Gasteiger partial charge in [0.15, 0.2) is 0 Å². The van der Waals surface area contributed by atoms with Gasteiger partial charge in [-0.15, -0.1) is 11.8 Å². The van der Waals surface area contributed by atoms with Crippen LogP contribution in [0.25, 0.3) is 0 Å². The molecular formula is C13H24N2O3S. The molecule has 1 saturated heterocycles. The Labute approximate surface area is 118 Å². The summed E-state index contributed by atoms with van der Waals surface area (Å²) < 4.78 is 0. The lowest BCUT2D eigenvalue weighted by atomic mass is 9.91. The van der Waals surface area contributed by atoms with Crippen LogP contribution in [0.4, 0.5) is 0 Å². The topological polar surface area (TPSA) is 83.6 Å². The molecule has 0 bridgehead atoms. The molecule has 1 amide bonds. The number of amides is 1. The predicted molar refractivity (Wildman–Crippen MR) is 76.9 cm³/mol. The molecule has 2 atom stereocenters. The van der Waals surface area contributed by atoms with Gasteiger partial charge in [-0.1, -0.05) is 27.2 Å². The van der Waals surface area contributed by atoms with Crippen molar-refractivity contribution in [2.75, 3.05) is 5.75 Å². The molecule has 110 valence electrons. The maximum Gasteiger partial charge on any atom is 0.327 e. The number of hydrogen-bond acceptors (Lipinski definition) is 4. The minimum Gasteiger partial charge on any atom is -0.480 e. The highest BCUT2D eigenvalue weighted by atomic mass is 32.2. The number of nitrogens with two attached hydrogens (primary N) is 1. The zero-order valence-corrected chi connectivity index (χ0v) is 12.7. The average molecular weight is 288 g/mol. The summed E-state index contributed by atoms with van der Waals surface area (Å²) in [4.78, 5) is 25.5. The molecular weight excluding hydrogens is 264 g/mol. The van der Waals surface area contributed by atoms with Crippen molar-refractivity contribution in [3.05, 3.63) is 0 Å². The zero-order chi connectivity index (χ0) is 14.6. The van der Waals surface area contributed by atoms with Crippen molar-refractivity contribution >= 4 is 23.6 Å². The van der Waals surface area contributed by atoms with Crippen LogP contribution in [0.5, 0.6) is 0 Å². The van der Waals surface area contributed by atoms with Gasteiger partial charge in [-0.2, -0.15) is 0 Å². The Morgan fingerprint density at radius 2 is 1.95 bits per heavy atom. The molecule has 5 nitrogen and oxygen atoms in total. The molecule has 0 aromatic carbocycles. The summed E-state index contributed by atoms with van der Waals surface area (Å²) in [5.41, 5.74) is 5.21. The Hall–Kier alpha value is -0.750. The van der Waals surface area contributed by atoms with Gasteiger partial charge in [-0.05, 0) is 19.3 Å². The molecule has 1 heterocycles. The SMILES string of the molecule is CCCC1SCC(C(=O)O)N1C(=O)C(N)(CC)CC. The van der Waals surface area contributed by atoms with Crippen molar-refractivity contribution in [2.45, 2.75) is 63.4 Å². The van der Waals surface area contributed by atoms with Gasteiger partial charge in [-0.25, -0.2) is 4.79 Å². The van der Waals surface area contributed by atoms with E-state index in [0.29, 0.717) is 18.6 Å². The first kappa shape index (κ1) is 16.3. The molecule has 1 aliphatic rings. The predicted octanol–water partition coefficient (Wildman–Crippen LogP) is 1.66. The summed E-state index contributed by atoms with van der Waals surface area (Å²) in [5.74, 6) is -0.697. The van der Waals surface area contributed by atoms with E-state index in [1.54, 1.807) is 11.8 Å². The lowest BCUT2D eigenvalue weighted by Gasteiger charge is -2.35. The highest BCUT2D eigenvalue weighted by molar-refractivity contribution is 8.00. The summed E-state index contributed by atoms with van der Waals surface area (Å²) in [7, 11) is 0. The fraction of sp³-hybridized carbons (Fsp3) is 0.846. The first-order valence-electron chi connectivity index (χ1n) is 6.87. The van der Waals surface area contributed by atoms with Crippen LogP contribution in [0.1, 0.15) is 46.5 Å². The quantitative estimate of drug-likeness (QED) is 0.776. The van der Waals surface area contributed by atoms with Crippen LogP contribution >= 0.6 is 11.8 Å². The van der Waals surface area contributed by atoms with E-state index in [0.717, 1.165) is 12.8 Å². The number of rotatable bonds is 6. The van der Waals surface area contributed by atoms with Gasteiger partial charge < -0.3 is 15.7 Å². The first-order chi connectivity index (χ1) is 8.91. The fourth-order valence-corrected chi connectivity index (χ4v) is 3.82. The summed E-state index contributed by atoms with van der Waals surface area (Å²) in [6, 6.07) is -0.741. The second-order valence-electron chi connectivity index (χ2n) is 5.01. The van der Waals surface area contributed by atoms with Crippen molar-refractivity contribution < 1.29 is 14.7 Å². The van der Waals surface area contributed by atoms with Crippen molar-refractivity contribution in [1.29, 1.82) is 0 Å². The van der Waals surface area contributed by atoms with E-state index in [2.05, 4.69) is 0 Å². The van der Waals surface area contributed by atoms with E-state index in [1.807, 2.05) is 20.8 Å². The van der Waals surface area contributed by atoms with Crippen molar-refractivity contribution in [3.63, 3.8) is 0 Å². The second kappa shape index (κ2) is 6.61. The third kappa shape index (κ3) is 3.23. The number of nitrogens with zero attached hydrogens (tertiary/aromatic N) is 1. The summed E-state index contributed by atoms with van der Waals surface area (Å²) in [6.07, 6.45) is 2.77. The summed E-state index contributed by atoms with van der Waals surface area (Å²) in [5, 5.41) is 9.23. The van der Waals surface area contributed by atoms with E-state index in [-0.39, 0.29) is 11.3 Å². The molecule has 6 heteroatoms. The van der Waals surface area contributed by atoms with Gasteiger partial charge in [0.05, 0.1) is 10.9 Å². The van der Waals surface area contributed by atoms with E-state index in [4.69, 9.17) is 5.73 Å². The monoisotopic (exact) mass is 288 g/mol. The molecule has 1 aliphatic heterocycles. The highest BCUT2D eigenvalue weighted by Crippen LogP contribution is 2.34. The van der Waals surface area contributed by atoms with Gasteiger partial charge in [0.2, 0.25) is 5.91 Å². The van der Waals surface area contributed by atoms with E-state index < -0.39 is 17.6 Å². The number of carboxylic acid groups (broad SMARTS) is 1. The second-order valence-corrected chi connectivity index (χ2v) is 6.22. The van der Waals surface area contributed by atoms with Crippen LogP contribution < -0.4 is 5.73 Å². The Morgan fingerprint density at radius 1 is 1.37 bits per heavy atom. The molecule has 0 spiro atoms. The molecule has 0 aliphatic carbocycles. The third-order valence-corrected chi connectivity index (χ3v) is 5.19. The molecule has 0 aromatic heterocycles. The molecule has 3 N–H and O–H groups in total. The van der Waals surface area contributed by atoms with Gasteiger partial charge in [0, 0.05) is 5.75 Å². The van der Waals surface area contributed by atoms with Crippen LogP contribution in [-0.2, 0) is 9.59 Å². The number of aliphatic carboxylic acids is 1. The number of carbonyl (C=O) groups excluding carboxylic acids is 1. The van der Waals surface area contributed by atoms with Crippen LogP contribution in [0, 0.1) is 0 Å². The third-order valence-electron chi connectivity index (χ3n) is 3.84.